The number of halogens is 1. The molecule has 0 aliphatic rings. The number of H-pyrrole nitrogens is 1. The molecule has 0 radical (unpaired) electrons. The average molecular weight is 322 g/mol. The topological polar surface area (TPSA) is 66.1 Å². The third kappa shape index (κ3) is 3.54. The molecule has 0 bridgehead atoms. The zero-order chi connectivity index (χ0) is 15.3. The summed E-state index contributed by atoms with van der Waals surface area (Å²) < 4.78 is 26.9. The second-order valence-electron chi connectivity index (χ2n) is 4.90. The second-order valence-corrected chi connectivity index (χ2v) is 7.02. The highest BCUT2D eigenvalue weighted by atomic mass is 35.5. The molecule has 0 atom stereocenters. The van der Waals surface area contributed by atoms with E-state index in [2.05, 4.69) is 24.0 Å². The van der Waals surface area contributed by atoms with Gasteiger partial charge in [-0.3, -0.25) is 5.10 Å². The van der Waals surface area contributed by atoms with Gasteiger partial charge in [-0.25, -0.2) is 8.42 Å². The zero-order valence-corrected chi connectivity index (χ0v) is 14.2. The van der Waals surface area contributed by atoms with Crippen molar-refractivity contribution in [3.8, 4) is 0 Å². The van der Waals surface area contributed by atoms with Crippen LogP contribution in [0.4, 0.5) is 0 Å². The maximum absolute atomic E-state index is 12.7. The first kappa shape index (κ1) is 17.5. The van der Waals surface area contributed by atoms with Gasteiger partial charge in [0.25, 0.3) is 10.0 Å². The summed E-state index contributed by atoms with van der Waals surface area (Å²) in [5, 5.41) is 6.73. The first-order chi connectivity index (χ1) is 9.42. The molecule has 7 heteroatoms. The largest absolute Gasteiger partial charge is 0.281 e. The first-order valence-electron chi connectivity index (χ1n) is 7.02. The van der Waals surface area contributed by atoms with Crippen molar-refractivity contribution in [3.63, 3.8) is 0 Å². The van der Waals surface area contributed by atoms with E-state index in [9.17, 15) is 8.42 Å². The van der Waals surface area contributed by atoms with E-state index in [0.29, 0.717) is 30.3 Å². The SMILES string of the molecule is CCC(CC)CN(CC)S(=O)(=O)c1n[nH]c(C)c1CCl. The van der Waals surface area contributed by atoms with Crippen molar-refractivity contribution in [3.05, 3.63) is 11.3 Å². The third-order valence-electron chi connectivity index (χ3n) is 3.72. The Labute approximate surface area is 126 Å². The molecule has 0 aliphatic heterocycles. The highest BCUT2D eigenvalue weighted by Crippen LogP contribution is 2.23. The highest BCUT2D eigenvalue weighted by Gasteiger charge is 2.30. The average Bonchev–Trinajstić information content (AvgIpc) is 2.81. The Balaban J connectivity index is 3.12. The summed E-state index contributed by atoms with van der Waals surface area (Å²) in [5.74, 6) is 0.503. The Morgan fingerprint density at radius 1 is 1.30 bits per heavy atom. The maximum Gasteiger partial charge on any atom is 0.262 e. The lowest BCUT2D eigenvalue weighted by Gasteiger charge is -2.24. The van der Waals surface area contributed by atoms with Crippen LogP contribution in [0, 0.1) is 12.8 Å². The van der Waals surface area contributed by atoms with Crippen LogP contribution in [0.5, 0.6) is 0 Å². The molecule has 0 spiro atoms. The quantitative estimate of drug-likeness (QED) is 0.749. The predicted molar refractivity (Wildman–Crippen MR) is 81.4 cm³/mol. The zero-order valence-electron chi connectivity index (χ0n) is 12.6. The number of aromatic amines is 1. The fourth-order valence-electron chi connectivity index (χ4n) is 2.16. The van der Waals surface area contributed by atoms with E-state index in [1.54, 1.807) is 6.92 Å². The van der Waals surface area contributed by atoms with Crippen LogP contribution in [-0.4, -0.2) is 36.0 Å². The lowest BCUT2D eigenvalue weighted by Crippen LogP contribution is -2.35. The van der Waals surface area contributed by atoms with Crippen molar-refractivity contribution < 1.29 is 8.42 Å². The van der Waals surface area contributed by atoms with Crippen molar-refractivity contribution in [2.45, 2.75) is 51.4 Å². The van der Waals surface area contributed by atoms with E-state index < -0.39 is 10.0 Å². The lowest BCUT2D eigenvalue weighted by atomic mass is 10.0. The Morgan fingerprint density at radius 2 is 1.90 bits per heavy atom. The van der Waals surface area contributed by atoms with E-state index in [-0.39, 0.29) is 10.9 Å². The van der Waals surface area contributed by atoms with Gasteiger partial charge in [-0.15, -0.1) is 11.6 Å². The minimum absolute atomic E-state index is 0.0674. The van der Waals surface area contributed by atoms with Gasteiger partial charge in [-0.1, -0.05) is 33.6 Å². The lowest BCUT2D eigenvalue weighted by molar-refractivity contribution is 0.338. The smallest absolute Gasteiger partial charge is 0.262 e. The molecule has 0 aromatic carbocycles. The number of aryl methyl sites for hydroxylation is 1. The van der Waals surface area contributed by atoms with Gasteiger partial charge in [0, 0.05) is 24.3 Å². The van der Waals surface area contributed by atoms with Gasteiger partial charge in [0.2, 0.25) is 0 Å². The van der Waals surface area contributed by atoms with Gasteiger partial charge in [0.15, 0.2) is 5.03 Å². The number of sulfonamides is 1. The first-order valence-corrected chi connectivity index (χ1v) is 8.99. The molecule has 20 heavy (non-hydrogen) atoms. The molecular formula is C13H24ClN3O2S. The Bertz CT molecular complexity index is 524. The molecule has 0 unspecified atom stereocenters. The van der Waals surface area contributed by atoms with E-state index in [1.165, 1.54) is 4.31 Å². The normalized spacial score (nSPS) is 12.6. The van der Waals surface area contributed by atoms with Crippen LogP contribution in [0.25, 0.3) is 0 Å². The molecule has 0 fully saturated rings. The molecule has 1 heterocycles. The summed E-state index contributed by atoms with van der Waals surface area (Å²) in [7, 11) is -3.58. The van der Waals surface area contributed by atoms with Gasteiger partial charge in [-0.05, 0) is 12.8 Å². The van der Waals surface area contributed by atoms with Crippen LogP contribution in [0.15, 0.2) is 5.03 Å². The molecule has 0 aliphatic carbocycles. The highest BCUT2D eigenvalue weighted by molar-refractivity contribution is 7.89. The van der Waals surface area contributed by atoms with Crippen LogP contribution in [0.2, 0.25) is 0 Å². The van der Waals surface area contributed by atoms with Crippen molar-refractivity contribution in [1.29, 1.82) is 0 Å². The molecule has 1 N–H and O–H groups in total. The molecule has 0 saturated heterocycles. The van der Waals surface area contributed by atoms with Gasteiger partial charge in [0.1, 0.15) is 0 Å². The summed E-state index contributed by atoms with van der Waals surface area (Å²) in [5.41, 5.74) is 1.27. The number of rotatable bonds is 8. The summed E-state index contributed by atoms with van der Waals surface area (Å²) in [6, 6.07) is 0. The molecule has 1 rings (SSSR count). The monoisotopic (exact) mass is 321 g/mol. The van der Waals surface area contributed by atoms with Crippen molar-refractivity contribution in [1.82, 2.24) is 14.5 Å². The fourth-order valence-corrected chi connectivity index (χ4v) is 4.25. The van der Waals surface area contributed by atoms with Crippen molar-refractivity contribution >= 4 is 21.6 Å². The fraction of sp³-hybridized carbons (Fsp3) is 0.769. The van der Waals surface area contributed by atoms with Crippen molar-refractivity contribution in [2.24, 2.45) is 5.92 Å². The van der Waals surface area contributed by atoms with E-state index >= 15 is 0 Å². The van der Waals surface area contributed by atoms with Crippen LogP contribution in [-0.2, 0) is 15.9 Å². The summed E-state index contributed by atoms with van der Waals surface area (Å²) in [6.45, 7) is 8.75. The molecule has 0 amide bonds. The summed E-state index contributed by atoms with van der Waals surface area (Å²) in [4.78, 5) is 0. The minimum atomic E-state index is -3.58. The predicted octanol–water partition coefficient (Wildman–Crippen LogP) is 2.90. The summed E-state index contributed by atoms with van der Waals surface area (Å²) in [6.07, 6.45) is 1.93. The van der Waals surface area contributed by atoms with Gasteiger partial charge in [-0.2, -0.15) is 9.40 Å². The standard InChI is InChI=1S/C13H24ClN3O2S/c1-5-11(6-2)9-17(7-3)20(18,19)13-12(8-14)10(4)15-16-13/h11H,5-9H2,1-4H3,(H,15,16). The van der Waals surface area contributed by atoms with E-state index in [1.807, 2.05) is 6.92 Å². The molecule has 1 aromatic heterocycles. The summed E-state index contributed by atoms with van der Waals surface area (Å²) >= 11 is 5.85. The van der Waals surface area contributed by atoms with Gasteiger partial charge in [0.05, 0.1) is 5.88 Å². The molecule has 0 saturated carbocycles. The Morgan fingerprint density at radius 3 is 2.35 bits per heavy atom. The number of alkyl halides is 1. The van der Waals surface area contributed by atoms with Gasteiger partial charge < -0.3 is 0 Å². The molecular weight excluding hydrogens is 298 g/mol. The molecule has 1 aromatic rings. The van der Waals surface area contributed by atoms with Crippen LogP contribution in [0.1, 0.15) is 44.9 Å². The van der Waals surface area contributed by atoms with E-state index in [0.717, 1.165) is 12.8 Å². The van der Waals surface area contributed by atoms with Crippen molar-refractivity contribution in [2.75, 3.05) is 13.1 Å². The van der Waals surface area contributed by atoms with Crippen LogP contribution < -0.4 is 0 Å². The van der Waals surface area contributed by atoms with E-state index in [4.69, 9.17) is 11.6 Å². The molecule has 116 valence electrons. The van der Waals surface area contributed by atoms with Gasteiger partial charge >= 0.3 is 0 Å². The third-order valence-corrected chi connectivity index (χ3v) is 5.90. The number of hydrogen-bond donors (Lipinski definition) is 1. The number of nitrogens with zero attached hydrogens (tertiary/aromatic N) is 2. The second kappa shape index (κ2) is 7.43. The van der Waals surface area contributed by atoms with Crippen LogP contribution in [0.3, 0.4) is 0 Å². The number of aromatic nitrogens is 2. The maximum atomic E-state index is 12.7. The Kier molecular flexibility index (Phi) is 6.48. The number of hydrogen-bond acceptors (Lipinski definition) is 3. The molecule has 5 nitrogen and oxygen atoms in total. The number of nitrogens with one attached hydrogen (secondary N) is 1. The Hall–Kier alpha value is -0.590. The van der Waals surface area contributed by atoms with Crippen LogP contribution >= 0.6 is 11.6 Å². The minimum Gasteiger partial charge on any atom is -0.281 e.